The van der Waals surface area contributed by atoms with Gasteiger partial charge in [0.25, 0.3) is 0 Å². The molecule has 2 atom stereocenters. The fourth-order valence-corrected chi connectivity index (χ4v) is 6.74. The van der Waals surface area contributed by atoms with Gasteiger partial charge < -0.3 is 5.11 Å². The van der Waals surface area contributed by atoms with Gasteiger partial charge in [0.1, 0.15) is 0 Å². The van der Waals surface area contributed by atoms with E-state index in [1.807, 2.05) is 0 Å². The third kappa shape index (κ3) is 10.4. The van der Waals surface area contributed by atoms with Crippen molar-refractivity contribution in [1.29, 1.82) is 0 Å². The second-order valence-corrected chi connectivity index (χ2v) is 12.9. The first kappa shape index (κ1) is 33.1. The molecule has 0 aliphatic carbocycles. The fourth-order valence-electron chi connectivity index (χ4n) is 6.15. The molecule has 2 nitrogen and oxygen atoms in total. The number of unbranched alkanes of at least 4 members (excludes halogenated alkanes) is 14. The molecular weight excluding hydrogens is 554 g/mol. The summed E-state index contributed by atoms with van der Waals surface area (Å²) in [5, 5.41) is 16.5. The molecule has 0 heterocycles. The van der Waals surface area contributed by atoms with Gasteiger partial charge >= 0.3 is 0 Å². The first-order valence-corrected chi connectivity index (χ1v) is 17.4. The quantitative estimate of drug-likeness (QED) is 0.0958. The summed E-state index contributed by atoms with van der Waals surface area (Å²) < 4.78 is 1.12. The fraction of sp³-hybridized carbons (Fsp3) is 0.622. The molecule has 3 aromatic rings. The first-order valence-electron chi connectivity index (χ1n) is 16.6. The molecule has 0 unspecified atom stereocenters. The highest BCUT2D eigenvalue weighted by molar-refractivity contribution is 9.10. The lowest BCUT2D eigenvalue weighted by molar-refractivity contribution is 0.0555. The Labute approximate surface area is 254 Å². The number of hydrogen-bond acceptors (Lipinski definition) is 2. The van der Waals surface area contributed by atoms with E-state index < -0.39 is 6.10 Å². The predicted molar refractivity (Wildman–Crippen MR) is 180 cm³/mol. The molecule has 3 rings (SSSR count). The summed E-state index contributed by atoms with van der Waals surface area (Å²) in [5.41, 5.74) is 1.03. The summed E-state index contributed by atoms with van der Waals surface area (Å²) >= 11 is 3.75. The van der Waals surface area contributed by atoms with E-state index >= 15 is 0 Å². The molecule has 0 amide bonds. The summed E-state index contributed by atoms with van der Waals surface area (Å²) in [6.07, 6.45) is 21.0. The van der Waals surface area contributed by atoms with Gasteiger partial charge in [0, 0.05) is 10.5 Å². The monoisotopic (exact) mass is 609 g/mol. The number of aliphatic hydroxyl groups is 1. The lowest BCUT2D eigenvalue weighted by atomic mass is 9.95. The number of hydrogen-bond donors (Lipinski definition) is 1. The molecule has 0 aromatic heterocycles. The smallest absolute Gasteiger partial charge is 0.0942 e. The van der Waals surface area contributed by atoms with Crippen molar-refractivity contribution in [3.63, 3.8) is 0 Å². The van der Waals surface area contributed by atoms with Crippen molar-refractivity contribution < 1.29 is 5.11 Å². The maximum Gasteiger partial charge on any atom is 0.0942 e. The minimum Gasteiger partial charge on any atom is -0.387 e. The van der Waals surface area contributed by atoms with Crippen LogP contribution in [0.5, 0.6) is 0 Å². The summed E-state index contributed by atoms with van der Waals surface area (Å²) in [4.78, 5) is 2.59. The van der Waals surface area contributed by atoms with Crippen LogP contribution in [-0.4, -0.2) is 29.1 Å². The van der Waals surface area contributed by atoms with Crippen LogP contribution < -0.4 is 0 Å². The number of benzene rings is 3. The predicted octanol–water partition coefficient (Wildman–Crippen LogP) is 11.8. The van der Waals surface area contributed by atoms with E-state index in [1.54, 1.807) is 0 Å². The third-order valence-electron chi connectivity index (χ3n) is 8.81. The molecule has 0 fully saturated rings. The molecule has 0 aliphatic rings. The molecule has 0 saturated carbocycles. The number of fused-ring (bicyclic) bond motifs is 3. The van der Waals surface area contributed by atoms with Crippen molar-refractivity contribution >= 4 is 37.5 Å². The molecule has 3 heteroatoms. The van der Waals surface area contributed by atoms with Gasteiger partial charge in [-0.15, -0.1) is 0 Å². The summed E-state index contributed by atoms with van der Waals surface area (Å²) in [7, 11) is 0. The van der Waals surface area contributed by atoms with Crippen molar-refractivity contribution in [2.24, 2.45) is 0 Å². The molecule has 0 bridgehead atoms. The molecule has 0 saturated heterocycles. The highest BCUT2D eigenvalue weighted by Crippen LogP contribution is 2.34. The Kier molecular flexibility index (Phi) is 15.6. The van der Waals surface area contributed by atoms with Crippen molar-refractivity contribution in [2.75, 3.05) is 13.1 Å². The lowest BCUT2D eigenvalue weighted by Crippen LogP contribution is -2.39. The normalized spacial score (nSPS) is 13.4. The van der Waals surface area contributed by atoms with Gasteiger partial charge in [-0.1, -0.05) is 156 Å². The maximum atomic E-state index is 11.6. The largest absolute Gasteiger partial charge is 0.387 e. The van der Waals surface area contributed by atoms with Crippen LogP contribution in [0.25, 0.3) is 21.5 Å². The van der Waals surface area contributed by atoms with Crippen LogP contribution in [-0.2, 0) is 0 Å². The van der Waals surface area contributed by atoms with E-state index in [0.717, 1.165) is 23.1 Å². The van der Waals surface area contributed by atoms with E-state index in [-0.39, 0.29) is 6.04 Å². The summed E-state index contributed by atoms with van der Waals surface area (Å²) in [6.45, 7) is 9.00. The van der Waals surface area contributed by atoms with Crippen LogP contribution in [0.4, 0.5) is 0 Å². The molecule has 0 spiro atoms. The molecule has 222 valence electrons. The van der Waals surface area contributed by atoms with E-state index in [4.69, 9.17) is 0 Å². The van der Waals surface area contributed by atoms with Crippen molar-refractivity contribution in [2.45, 2.75) is 136 Å². The van der Waals surface area contributed by atoms with Gasteiger partial charge in [-0.05, 0) is 72.1 Å². The van der Waals surface area contributed by atoms with Crippen LogP contribution in [0.15, 0.2) is 53.0 Å². The SMILES string of the molecule is CCCCCCCCCCN(CCCCCCCCCC)[C@H](C)[C@@H](O)c1ccc2cc(Br)c3ccccc3c2c1. The number of nitrogens with zero attached hydrogens (tertiary/aromatic N) is 1. The van der Waals surface area contributed by atoms with Crippen LogP contribution >= 0.6 is 15.9 Å². The van der Waals surface area contributed by atoms with Crippen LogP contribution in [0.2, 0.25) is 0 Å². The second-order valence-electron chi connectivity index (χ2n) is 12.1. The summed E-state index contributed by atoms with van der Waals surface area (Å²) in [5.74, 6) is 0. The molecular formula is C37H56BrNO. The van der Waals surface area contributed by atoms with Gasteiger partial charge in [0.2, 0.25) is 0 Å². The Bertz CT molecular complexity index is 1090. The average Bonchev–Trinajstić information content (AvgIpc) is 2.98. The highest BCUT2D eigenvalue weighted by Gasteiger charge is 2.23. The van der Waals surface area contributed by atoms with Crippen LogP contribution in [0.3, 0.4) is 0 Å². The molecule has 3 aromatic carbocycles. The lowest BCUT2D eigenvalue weighted by Gasteiger charge is -2.33. The van der Waals surface area contributed by atoms with E-state index in [2.05, 4.69) is 90.1 Å². The Hall–Kier alpha value is -1.42. The Morgan fingerprint density at radius 1 is 0.625 bits per heavy atom. The number of aliphatic hydroxyl groups excluding tert-OH is 1. The zero-order valence-corrected chi connectivity index (χ0v) is 27.4. The van der Waals surface area contributed by atoms with Crippen molar-refractivity contribution in [3.05, 3.63) is 58.6 Å². The maximum absolute atomic E-state index is 11.6. The molecule has 40 heavy (non-hydrogen) atoms. The number of rotatable bonds is 21. The first-order chi connectivity index (χ1) is 19.6. The zero-order chi connectivity index (χ0) is 28.6. The van der Waals surface area contributed by atoms with Gasteiger partial charge in [-0.2, -0.15) is 0 Å². The second kappa shape index (κ2) is 18.9. The van der Waals surface area contributed by atoms with Gasteiger partial charge in [0.05, 0.1) is 6.10 Å². The van der Waals surface area contributed by atoms with Gasteiger partial charge in [-0.3, -0.25) is 4.90 Å². The highest BCUT2D eigenvalue weighted by atomic mass is 79.9. The van der Waals surface area contributed by atoms with Crippen LogP contribution in [0, 0.1) is 0 Å². The minimum atomic E-state index is -0.491. The van der Waals surface area contributed by atoms with E-state index in [1.165, 1.54) is 124 Å². The molecule has 0 aliphatic heterocycles. The number of halogens is 1. The Morgan fingerprint density at radius 2 is 1.12 bits per heavy atom. The molecule has 1 N–H and O–H groups in total. The zero-order valence-electron chi connectivity index (χ0n) is 25.8. The third-order valence-corrected chi connectivity index (χ3v) is 9.46. The minimum absolute atomic E-state index is 0.105. The van der Waals surface area contributed by atoms with Crippen molar-refractivity contribution in [3.8, 4) is 0 Å². The van der Waals surface area contributed by atoms with Gasteiger partial charge in [-0.25, -0.2) is 0 Å². The Balaban J connectivity index is 1.62. The Morgan fingerprint density at radius 3 is 1.68 bits per heavy atom. The molecule has 0 radical (unpaired) electrons. The topological polar surface area (TPSA) is 23.5 Å². The summed E-state index contributed by atoms with van der Waals surface area (Å²) in [6, 6.07) is 17.4. The van der Waals surface area contributed by atoms with E-state index in [9.17, 15) is 5.11 Å². The average molecular weight is 611 g/mol. The standard InChI is InChI=1S/C37H56BrNO/c1-4-6-8-10-12-14-16-20-26-39(27-21-17-15-13-11-9-7-5-2)30(3)37(40)32-25-24-31-29-36(38)34-23-19-18-22-33(34)35(31)28-32/h18-19,22-25,28-30,37,40H,4-17,20-21,26-27H2,1-3H3/t30-,37-/m1/s1. The van der Waals surface area contributed by atoms with Gasteiger partial charge in [0.15, 0.2) is 0 Å². The van der Waals surface area contributed by atoms with Crippen LogP contribution in [0.1, 0.15) is 135 Å². The van der Waals surface area contributed by atoms with E-state index in [0.29, 0.717) is 0 Å². The van der Waals surface area contributed by atoms with Crippen molar-refractivity contribution in [1.82, 2.24) is 4.90 Å².